The molecule has 2 aromatic heterocycles. The second kappa shape index (κ2) is 5.99. The maximum absolute atomic E-state index is 11.6. The number of anilines is 1. The molecule has 0 saturated carbocycles. The molecule has 0 radical (unpaired) electrons. The molecule has 0 fully saturated rings. The van der Waals surface area contributed by atoms with Gasteiger partial charge < -0.3 is 19.0 Å². The molecule has 0 spiro atoms. The number of carbonyl (C=O) groups is 2. The molecule has 118 valence electrons. The van der Waals surface area contributed by atoms with Gasteiger partial charge in [0.05, 0.1) is 0 Å². The molecule has 1 amide bonds. The maximum atomic E-state index is 11.6. The molecule has 0 atom stereocenters. The number of carbonyl (C=O) groups excluding carboxylic acids is 2. The molecule has 22 heavy (non-hydrogen) atoms. The van der Waals surface area contributed by atoms with Gasteiger partial charge in [-0.1, -0.05) is 5.16 Å². The Morgan fingerprint density at radius 2 is 2.14 bits per heavy atom. The zero-order valence-electron chi connectivity index (χ0n) is 11.2. The second-order valence-electron chi connectivity index (χ2n) is 4.11. The van der Waals surface area contributed by atoms with Gasteiger partial charge in [-0.3, -0.25) is 4.79 Å². The SMILES string of the molecule is Cc1cc(NC(=O)COC(=O)c2ccc(S(N)(=O)=O)o2)no1. The fourth-order valence-corrected chi connectivity index (χ4v) is 1.85. The summed E-state index contributed by atoms with van der Waals surface area (Å²) in [4.78, 5) is 23.1. The minimum Gasteiger partial charge on any atom is -0.450 e. The maximum Gasteiger partial charge on any atom is 0.374 e. The number of ether oxygens (including phenoxy) is 1. The lowest BCUT2D eigenvalue weighted by atomic mass is 10.4. The quantitative estimate of drug-likeness (QED) is 0.727. The van der Waals surface area contributed by atoms with Gasteiger partial charge in [-0.25, -0.2) is 18.4 Å². The average molecular weight is 329 g/mol. The molecular formula is C11H11N3O7S. The number of hydrogen-bond acceptors (Lipinski definition) is 8. The number of esters is 1. The van der Waals surface area contributed by atoms with Crippen LogP contribution >= 0.6 is 0 Å². The number of nitrogens with zero attached hydrogens (tertiary/aromatic N) is 1. The number of aryl methyl sites for hydroxylation is 1. The fourth-order valence-electron chi connectivity index (χ4n) is 1.39. The van der Waals surface area contributed by atoms with Crippen molar-refractivity contribution in [3.63, 3.8) is 0 Å². The van der Waals surface area contributed by atoms with Crippen molar-refractivity contribution in [2.24, 2.45) is 5.14 Å². The number of rotatable bonds is 5. The number of furan rings is 1. The van der Waals surface area contributed by atoms with Gasteiger partial charge in [-0.05, 0) is 19.1 Å². The standard InChI is InChI=1S/C11H11N3O7S/c1-6-4-8(14-21-6)13-9(15)5-19-11(16)7-2-3-10(20-7)22(12,17)18/h2-4H,5H2,1H3,(H2,12,17,18)(H,13,14,15). The van der Waals surface area contributed by atoms with Gasteiger partial charge in [0.1, 0.15) is 5.76 Å². The monoisotopic (exact) mass is 329 g/mol. The van der Waals surface area contributed by atoms with Crippen LogP contribution in [0.4, 0.5) is 5.82 Å². The first-order valence-electron chi connectivity index (χ1n) is 5.78. The first-order chi connectivity index (χ1) is 10.3. The molecule has 0 aliphatic rings. The van der Waals surface area contributed by atoms with Gasteiger partial charge in [0.15, 0.2) is 12.4 Å². The molecule has 2 rings (SSSR count). The van der Waals surface area contributed by atoms with E-state index >= 15 is 0 Å². The summed E-state index contributed by atoms with van der Waals surface area (Å²) in [6.45, 7) is 1.03. The lowest BCUT2D eigenvalue weighted by Crippen LogP contribution is -2.20. The van der Waals surface area contributed by atoms with Crippen molar-refractivity contribution in [1.82, 2.24) is 5.16 Å². The summed E-state index contributed by atoms with van der Waals surface area (Å²) in [6, 6.07) is 3.55. The minimum absolute atomic E-state index is 0.174. The van der Waals surface area contributed by atoms with Gasteiger partial charge >= 0.3 is 5.97 Å². The van der Waals surface area contributed by atoms with Crippen LogP contribution < -0.4 is 10.5 Å². The number of hydrogen-bond donors (Lipinski definition) is 2. The average Bonchev–Trinajstić information content (AvgIpc) is 3.04. The van der Waals surface area contributed by atoms with E-state index in [1.54, 1.807) is 6.92 Å². The highest BCUT2D eigenvalue weighted by Crippen LogP contribution is 2.13. The summed E-state index contributed by atoms with van der Waals surface area (Å²) < 4.78 is 36.1. The predicted molar refractivity (Wildman–Crippen MR) is 70.2 cm³/mol. The number of nitrogens with one attached hydrogen (secondary N) is 1. The van der Waals surface area contributed by atoms with Gasteiger partial charge in [-0.15, -0.1) is 0 Å². The van der Waals surface area contributed by atoms with E-state index in [9.17, 15) is 18.0 Å². The molecule has 10 nitrogen and oxygen atoms in total. The van der Waals surface area contributed by atoms with Crippen LogP contribution in [0.25, 0.3) is 0 Å². The topological polar surface area (TPSA) is 155 Å². The van der Waals surface area contributed by atoms with Crippen molar-refractivity contribution in [3.05, 3.63) is 29.7 Å². The molecule has 0 aliphatic heterocycles. The van der Waals surface area contributed by atoms with Crippen LogP contribution in [-0.4, -0.2) is 32.1 Å². The van der Waals surface area contributed by atoms with Gasteiger partial charge in [0, 0.05) is 6.07 Å². The highest BCUT2D eigenvalue weighted by atomic mass is 32.2. The van der Waals surface area contributed by atoms with E-state index in [0.29, 0.717) is 5.76 Å². The first kappa shape index (κ1) is 15.7. The summed E-state index contributed by atoms with van der Waals surface area (Å²) in [6.07, 6.45) is 0. The Bertz CT molecular complexity index is 805. The molecule has 2 aromatic rings. The van der Waals surface area contributed by atoms with Crippen LogP contribution in [-0.2, 0) is 19.6 Å². The number of sulfonamides is 1. The van der Waals surface area contributed by atoms with Crippen molar-refractivity contribution < 1.29 is 31.7 Å². The number of nitrogens with two attached hydrogens (primary N) is 1. The van der Waals surface area contributed by atoms with Crippen LogP contribution in [0, 0.1) is 6.92 Å². The lowest BCUT2D eigenvalue weighted by Gasteiger charge is -2.02. The molecule has 0 unspecified atom stereocenters. The molecule has 2 heterocycles. The third-order valence-electron chi connectivity index (χ3n) is 2.29. The van der Waals surface area contributed by atoms with Crippen LogP contribution in [0.3, 0.4) is 0 Å². The van der Waals surface area contributed by atoms with E-state index in [0.717, 1.165) is 12.1 Å². The first-order valence-corrected chi connectivity index (χ1v) is 7.33. The molecule has 0 bridgehead atoms. The third kappa shape index (κ3) is 3.93. The lowest BCUT2D eigenvalue weighted by molar-refractivity contribution is -0.119. The Morgan fingerprint density at radius 3 is 2.68 bits per heavy atom. The fraction of sp³-hybridized carbons (Fsp3) is 0.182. The van der Waals surface area contributed by atoms with Gasteiger partial charge in [0.25, 0.3) is 15.9 Å². The molecule has 11 heteroatoms. The van der Waals surface area contributed by atoms with Crippen molar-refractivity contribution in [2.75, 3.05) is 11.9 Å². The second-order valence-corrected chi connectivity index (χ2v) is 5.60. The van der Waals surface area contributed by atoms with Crippen molar-refractivity contribution in [2.45, 2.75) is 12.0 Å². The molecular weight excluding hydrogens is 318 g/mol. The highest BCUT2D eigenvalue weighted by molar-refractivity contribution is 7.89. The Labute approximate surface area is 124 Å². The van der Waals surface area contributed by atoms with Crippen LogP contribution in [0.5, 0.6) is 0 Å². The Balaban J connectivity index is 1.89. The Morgan fingerprint density at radius 1 is 1.41 bits per heavy atom. The van der Waals surface area contributed by atoms with E-state index in [2.05, 4.69) is 15.2 Å². The summed E-state index contributed by atoms with van der Waals surface area (Å²) in [5.41, 5.74) is 0. The zero-order valence-corrected chi connectivity index (χ0v) is 12.0. The Hall–Kier alpha value is -2.66. The summed E-state index contributed by atoms with van der Waals surface area (Å²) in [7, 11) is -4.06. The highest BCUT2D eigenvalue weighted by Gasteiger charge is 2.19. The predicted octanol–water partition coefficient (Wildman–Crippen LogP) is 0.0189. The minimum atomic E-state index is -4.06. The number of amides is 1. The third-order valence-corrected chi connectivity index (χ3v) is 3.07. The van der Waals surface area contributed by atoms with Crippen molar-refractivity contribution >= 4 is 27.7 Å². The van der Waals surface area contributed by atoms with E-state index in [1.165, 1.54) is 6.07 Å². The summed E-state index contributed by atoms with van der Waals surface area (Å²) >= 11 is 0. The zero-order chi connectivity index (χ0) is 16.3. The van der Waals surface area contributed by atoms with Gasteiger partial charge in [0.2, 0.25) is 10.9 Å². The summed E-state index contributed by atoms with van der Waals surface area (Å²) in [5.74, 6) is -1.39. The molecule has 0 saturated heterocycles. The van der Waals surface area contributed by atoms with Crippen molar-refractivity contribution in [1.29, 1.82) is 0 Å². The molecule has 0 aromatic carbocycles. The van der Waals surface area contributed by atoms with Crippen molar-refractivity contribution in [3.8, 4) is 0 Å². The molecule has 0 aliphatic carbocycles. The van der Waals surface area contributed by atoms with E-state index in [1.807, 2.05) is 0 Å². The van der Waals surface area contributed by atoms with Crippen LogP contribution in [0.1, 0.15) is 16.3 Å². The van der Waals surface area contributed by atoms with E-state index in [-0.39, 0.29) is 5.82 Å². The number of primary sulfonamides is 1. The van der Waals surface area contributed by atoms with Gasteiger partial charge in [-0.2, -0.15) is 0 Å². The largest absolute Gasteiger partial charge is 0.450 e. The smallest absolute Gasteiger partial charge is 0.374 e. The molecule has 3 N–H and O–H groups in total. The van der Waals surface area contributed by atoms with Crippen LogP contribution in [0.2, 0.25) is 0 Å². The van der Waals surface area contributed by atoms with E-state index in [4.69, 9.17) is 14.1 Å². The Kier molecular flexibility index (Phi) is 4.28. The normalized spacial score (nSPS) is 11.2. The van der Waals surface area contributed by atoms with E-state index < -0.39 is 39.4 Å². The number of aromatic nitrogens is 1. The summed E-state index contributed by atoms with van der Waals surface area (Å²) in [5, 5.41) is 10.1. The van der Waals surface area contributed by atoms with Crippen LogP contribution in [0.15, 0.2) is 32.2 Å².